The molecule has 0 saturated carbocycles. The fourth-order valence-corrected chi connectivity index (χ4v) is 4.95. The number of thiazole rings is 1. The van der Waals surface area contributed by atoms with E-state index >= 15 is 0 Å². The number of aromatic nitrogens is 1. The van der Waals surface area contributed by atoms with Gasteiger partial charge in [0, 0.05) is 11.4 Å². The zero-order valence-electron chi connectivity index (χ0n) is 14.3. The van der Waals surface area contributed by atoms with E-state index in [9.17, 15) is 23.3 Å². The summed E-state index contributed by atoms with van der Waals surface area (Å²) < 4.78 is 29.7. The summed E-state index contributed by atoms with van der Waals surface area (Å²) in [6, 6.07) is 7.12. The van der Waals surface area contributed by atoms with Gasteiger partial charge in [0.2, 0.25) is 5.91 Å². The summed E-state index contributed by atoms with van der Waals surface area (Å²) in [7, 11) is -2.35. The molecule has 1 aromatic carbocycles. The van der Waals surface area contributed by atoms with Crippen molar-refractivity contribution in [3.05, 3.63) is 51.2 Å². The van der Waals surface area contributed by atoms with Crippen LogP contribution in [0.4, 0.5) is 10.8 Å². The van der Waals surface area contributed by atoms with Crippen molar-refractivity contribution in [1.29, 1.82) is 0 Å². The molecule has 2 aromatic heterocycles. The Labute approximate surface area is 167 Å². The minimum absolute atomic E-state index is 0.00849. The summed E-state index contributed by atoms with van der Waals surface area (Å²) in [6.45, 7) is 0. The second kappa shape index (κ2) is 8.04. The highest BCUT2D eigenvalue weighted by molar-refractivity contribution is 7.92. The lowest BCUT2D eigenvalue weighted by Crippen LogP contribution is -2.22. The van der Waals surface area contributed by atoms with Crippen LogP contribution in [0.2, 0.25) is 0 Å². The maximum atomic E-state index is 12.3. The molecule has 0 saturated heterocycles. The van der Waals surface area contributed by atoms with Crippen molar-refractivity contribution in [1.82, 2.24) is 4.98 Å². The van der Waals surface area contributed by atoms with E-state index in [2.05, 4.69) is 10.3 Å². The van der Waals surface area contributed by atoms with Crippen LogP contribution < -0.4 is 10.1 Å². The van der Waals surface area contributed by atoms with E-state index in [1.807, 2.05) is 0 Å². The first-order valence-electron chi connectivity index (χ1n) is 7.64. The first-order valence-corrected chi connectivity index (χ1v) is 11.0. The number of nitrogens with one attached hydrogen (secondary N) is 1. The van der Waals surface area contributed by atoms with Gasteiger partial charge in [0.15, 0.2) is 15.0 Å². The predicted octanol–water partition coefficient (Wildman–Crippen LogP) is 3.20. The van der Waals surface area contributed by atoms with E-state index in [1.54, 1.807) is 5.38 Å². The highest BCUT2D eigenvalue weighted by Gasteiger charge is 2.21. The topological polar surface area (TPSA) is 128 Å². The number of thiophene rings is 1. The van der Waals surface area contributed by atoms with Gasteiger partial charge in [0.25, 0.3) is 5.69 Å². The number of sulfone groups is 1. The minimum atomic E-state index is -3.82. The molecule has 0 bridgehead atoms. The Hall–Kier alpha value is -2.83. The van der Waals surface area contributed by atoms with Gasteiger partial charge in [-0.1, -0.05) is 0 Å². The van der Waals surface area contributed by atoms with Crippen LogP contribution in [0.3, 0.4) is 0 Å². The molecule has 0 fully saturated rings. The Morgan fingerprint density at radius 3 is 2.57 bits per heavy atom. The molecule has 0 aliphatic carbocycles. The molecule has 0 aliphatic heterocycles. The smallest absolute Gasteiger partial charge is 0.280 e. The molecule has 0 atom stereocenters. The van der Waals surface area contributed by atoms with Crippen LogP contribution in [0.15, 0.2) is 46.0 Å². The molecule has 2 heterocycles. The van der Waals surface area contributed by atoms with Gasteiger partial charge in [0.1, 0.15) is 11.5 Å². The molecular formula is C16H13N3O6S3. The van der Waals surface area contributed by atoms with Gasteiger partial charge in [-0.15, -0.1) is 22.7 Å². The Morgan fingerprint density at radius 2 is 1.96 bits per heavy atom. The Bertz CT molecular complexity index is 1120. The van der Waals surface area contributed by atoms with Gasteiger partial charge in [0.05, 0.1) is 32.9 Å². The zero-order chi connectivity index (χ0) is 20.3. The van der Waals surface area contributed by atoms with Crippen LogP contribution in [0.1, 0.15) is 0 Å². The lowest BCUT2D eigenvalue weighted by atomic mass is 10.3. The third-order valence-electron chi connectivity index (χ3n) is 3.54. The maximum Gasteiger partial charge on any atom is 0.280 e. The monoisotopic (exact) mass is 439 g/mol. The molecule has 3 rings (SSSR count). The van der Waals surface area contributed by atoms with E-state index in [0.29, 0.717) is 16.3 Å². The summed E-state index contributed by atoms with van der Waals surface area (Å²) in [4.78, 5) is 27.2. The largest absolute Gasteiger partial charge is 0.497 e. The molecule has 146 valence electrons. The number of ether oxygens (including phenoxy) is 1. The Morgan fingerprint density at radius 1 is 1.25 bits per heavy atom. The van der Waals surface area contributed by atoms with Crippen LogP contribution in [-0.2, 0) is 14.6 Å². The first kappa shape index (κ1) is 19.9. The highest BCUT2D eigenvalue weighted by Crippen LogP contribution is 2.32. The minimum Gasteiger partial charge on any atom is -0.497 e. The van der Waals surface area contributed by atoms with E-state index in [0.717, 1.165) is 22.7 Å². The number of hydrogen-bond acceptors (Lipinski definition) is 9. The molecule has 1 amide bonds. The molecular weight excluding hydrogens is 426 g/mol. The fourth-order valence-electron chi connectivity index (χ4n) is 2.19. The van der Waals surface area contributed by atoms with Crippen molar-refractivity contribution in [2.75, 3.05) is 18.2 Å². The normalized spacial score (nSPS) is 11.2. The van der Waals surface area contributed by atoms with E-state index in [4.69, 9.17) is 4.74 Å². The van der Waals surface area contributed by atoms with Crippen molar-refractivity contribution in [3.63, 3.8) is 0 Å². The molecule has 28 heavy (non-hydrogen) atoms. The summed E-state index contributed by atoms with van der Waals surface area (Å²) in [5, 5.41) is 16.4. The zero-order valence-corrected chi connectivity index (χ0v) is 16.8. The number of anilines is 1. The number of amides is 1. The summed E-state index contributed by atoms with van der Waals surface area (Å²) >= 11 is 2.26. The molecule has 0 radical (unpaired) electrons. The van der Waals surface area contributed by atoms with Crippen LogP contribution in [0.25, 0.3) is 10.6 Å². The Balaban J connectivity index is 1.67. The third-order valence-corrected chi connectivity index (χ3v) is 6.87. The summed E-state index contributed by atoms with van der Waals surface area (Å²) in [5.74, 6) is -0.958. The van der Waals surface area contributed by atoms with Crippen molar-refractivity contribution >= 4 is 49.2 Å². The third kappa shape index (κ3) is 4.52. The second-order valence-electron chi connectivity index (χ2n) is 5.45. The predicted molar refractivity (Wildman–Crippen MR) is 106 cm³/mol. The standard InChI is InChI=1S/C16H13N3O6S3/c1-25-11-2-4-12(5-3-11)28(23,24)9-15(20)18-16-17-13(8-27-16)14-6-10(7-26-14)19(21)22/h2-8H,9H2,1H3,(H,17,18,20). The number of nitrogens with zero attached hydrogens (tertiary/aromatic N) is 2. The maximum absolute atomic E-state index is 12.3. The van der Waals surface area contributed by atoms with Crippen LogP contribution in [-0.4, -0.2) is 37.1 Å². The van der Waals surface area contributed by atoms with E-state index in [1.165, 1.54) is 42.8 Å². The molecule has 12 heteroatoms. The number of rotatable bonds is 7. The average Bonchev–Trinajstić information content (AvgIpc) is 3.30. The molecule has 9 nitrogen and oxygen atoms in total. The average molecular weight is 439 g/mol. The summed E-state index contributed by atoms with van der Waals surface area (Å²) in [6.07, 6.45) is 0. The number of hydrogen-bond donors (Lipinski definition) is 1. The fraction of sp³-hybridized carbons (Fsp3) is 0.125. The van der Waals surface area contributed by atoms with Gasteiger partial charge in [-0.2, -0.15) is 0 Å². The molecule has 3 aromatic rings. The van der Waals surface area contributed by atoms with Crippen molar-refractivity contribution in [3.8, 4) is 16.3 Å². The molecule has 1 N–H and O–H groups in total. The molecule has 0 aliphatic rings. The van der Waals surface area contributed by atoms with Crippen LogP contribution >= 0.6 is 22.7 Å². The number of carbonyl (C=O) groups is 1. The lowest BCUT2D eigenvalue weighted by Gasteiger charge is -2.05. The van der Waals surface area contributed by atoms with Gasteiger partial charge in [-0.25, -0.2) is 13.4 Å². The van der Waals surface area contributed by atoms with Gasteiger partial charge in [-0.3, -0.25) is 14.9 Å². The van der Waals surface area contributed by atoms with E-state index in [-0.39, 0.29) is 15.7 Å². The van der Waals surface area contributed by atoms with Gasteiger partial charge < -0.3 is 10.1 Å². The number of nitro groups is 1. The number of carbonyl (C=O) groups excluding carboxylic acids is 1. The lowest BCUT2D eigenvalue weighted by molar-refractivity contribution is -0.384. The van der Waals surface area contributed by atoms with Gasteiger partial charge >= 0.3 is 0 Å². The van der Waals surface area contributed by atoms with Crippen molar-refractivity contribution in [2.24, 2.45) is 0 Å². The molecule has 0 spiro atoms. The number of benzene rings is 1. The van der Waals surface area contributed by atoms with Crippen LogP contribution in [0.5, 0.6) is 5.75 Å². The quantitative estimate of drug-likeness (QED) is 0.442. The second-order valence-corrected chi connectivity index (χ2v) is 9.21. The highest BCUT2D eigenvalue weighted by atomic mass is 32.2. The first-order chi connectivity index (χ1) is 13.3. The van der Waals surface area contributed by atoms with Crippen LogP contribution in [0, 0.1) is 10.1 Å². The van der Waals surface area contributed by atoms with Crippen molar-refractivity contribution in [2.45, 2.75) is 4.90 Å². The SMILES string of the molecule is COc1ccc(S(=O)(=O)CC(=O)Nc2nc(-c3cc([N+](=O)[O-])cs3)cs2)cc1. The summed E-state index contributed by atoms with van der Waals surface area (Å²) in [5.41, 5.74) is 0.431. The van der Waals surface area contributed by atoms with Gasteiger partial charge in [-0.05, 0) is 24.3 Å². The number of methoxy groups -OCH3 is 1. The molecule has 0 unspecified atom stereocenters. The Kier molecular flexibility index (Phi) is 5.72. The van der Waals surface area contributed by atoms with Crippen molar-refractivity contribution < 1.29 is 22.9 Å². The van der Waals surface area contributed by atoms with E-state index < -0.39 is 26.4 Å².